The zero-order chi connectivity index (χ0) is 11.4. The number of nitrogens with zero attached hydrogens (tertiary/aromatic N) is 1. The van der Waals surface area contributed by atoms with Crippen molar-refractivity contribution in [3.05, 3.63) is 33.6 Å². The summed E-state index contributed by atoms with van der Waals surface area (Å²) in [4.78, 5) is 2.53. The molecule has 0 amide bonds. The number of ether oxygens (including phenoxy) is 1. The second-order valence-corrected chi connectivity index (χ2v) is 4.83. The van der Waals surface area contributed by atoms with Crippen LogP contribution in [0.15, 0.2) is 18.2 Å². The van der Waals surface area contributed by atoms with Crippen LogP contribution in [0.25, 0.3) is 0 Å². The fourth-order valence-corrected chi connectivity index (χ4v) is 2.32. The summed E-state index contributed by atoms with van der Waals surface area (Å²) in [6, 6.07) is 6.11. The Morgan fingerprint density at radius 2 is 2.25 bits per heavy atom. The van der Waals surface area contributed by atoms with Crippen molar-refractivity contribution >= 4 is 11.3 Å². The first kappa shape index (κ1) is 11.2. The molecule has 2 N–H and O–H groups in total. The fourth-order valence-electron chi connectivity index (χ4n) is 1.38. The highest BCUT2D eigenvalue weighted by Gasteiger charge is 2.02. The third-order valence-corrected chi connectivity index (χ3v) is 3.17. The van der Waals surface area contributed by atoms with Crippen LogP contribution in [-0.4, -0.2) is 17.2 Å². The van der Waals surface area contributed by atoms with Gasteiger partial charge in [0.1, 0.15) is 6.61 Å². The van der Waals surface area contributed by atoms with E-state index in [2.05, 4.69) is 27.6 Å². The van der Waals surface area contributed by atoms with Crippen LogP contribution in [0, 0.1) is 6.92 Å². The number of nitrogens with one attached hydrogen (secondary N) is 2. The highest BCUT2D eigenvalue weighted by atomic mass is 32.1. The lowest BCUT2D eigenvalue weighted by molar-refractivity contribution is 0.297. The maximum atomic E-state index is 5.55. The zero-order valence-corrected chi connectivity index (χ0v) is 10.2. The monoisotopic (exact) mass is 237 g/mol. The van der Waals surface area contributed by atoms with E-state index in [1.54, 1.807) is 11.3 Å². The van der Waals surface area contributed by atoms with Crippen LogP contribution in [0.3, 0.4) is 0 Å². The van der Waals surface area contributed by atoms with Gasteiger partial charge in [0.05, 0.1) is 0 Å². The van der Waals surface area contributed by atoms with Crippen molar-refractivity contribution in [1.29, 1.82) is 0 Å². The Kier molecular flexibility index (Phi) is 3.58. The lowest BCUT2D eigenvalue weighted by Gasteiger charge is -1.98. The van der Waals surface area contributed by atoms with Gasteiger partial charge in [0.15, 0.2) is 0 Å². The number of hydrogen-bond donors (Lipinski definition) is 2. The minimum Gasteiger partial charge on any atom is -0.471 e. The average molecular weight is 237 g/mol. The minimum atomic E-state index is 0.582. The summed E-state index contributed by atoms with van der Waals surface area (Å²) < 4.78 is 5.55. The smallest absolute Gasteiger partial charge is 0.233 e. The van der Waals surface area contributed by atoms with Crippen molar-refractivity contribution in [1.82, 2.24) is 15.5 Å². The Morgan fingerprint density at radius 1 is 1.44 bits per heavy atom. The molecule has 2 aromatic heterocycles. The number of H-pyrrole nitrogens is 1. The molecule has 0 saturated carbocycles. The minimum absolute atomic E-state index is 0.582. The maximum Gasteiger partial charge on any atom is 0.233 e. The first-order valence-corrected chi connectivity index (χ1v) is 5.96. The van der Waals surface area contributed by atoms with Crippen LogP contribution < -0.4 is 10.1 Å². The van der Waals surface area contributed by atoms with E-state index in [9.17, 15) is 0 Å². The zero-order valence-electron chi connectivity index (χ0n) is 9.41. The van der Waals surface area contributed by atoms with Crippen LogP contribution in [0.5, 0.6) is 5.88 Å². The largest absolute Gasteiger partial charge is 0.471 e. The van der Waals surface area contributed by atoms with E-state index in [-0.39, 0.29) is 0 Å². The van der Waals surface area contributed by atoms with Gasteiger partial charge in [-0.3, -0.25) is 5.10 Å². The average Bonchev–Trinajstić information content (AvgIpc) is 2.85. The van der Waals surface area contributed by atoms with Gasteiger partial charge in [0.2, 0.25) is 5.88 Å². The van der Waals surface area contributed by atoms with Crippen molar-refractivity contribution in [2.24, 2.45) is 0 Å². The molecule has 0 aromatic carbocycles. The summed E-state index contributed by atoms with van der Waals surface area (Å²) in [6.07, 6.45) is 0. The Morgan fingerprint density at radius 3 is 2.94 bits per heavy atom. The molecular weight excluding hydrogens is 222 g/mol. The van der Waals surface area contributed by atoms with E-state index in [1.165, 1.54) is 9.75 Å². The Bertz CT molecular complexity index is 450. The fraction of sp³-hybridized carbons (Fsp3) is 0.364. The summed E-state index contributed by atoms with van der Waals surface area (Å²) in [7, 11) is 1.95. The van der Waals surface area contributed by atoms with Crippen LogP contribution >= 0.6 is 11.3 Å². The Hall–Kier alpha value is -1.33. The molecule has 0 aliphatic heterocycles. The third kappa shape index (κ3) is 2.84. The quantitative estimate of drug-likeness (QED) is 0.837. The van der Waals surface area contributed by atoms with Gasteiger partial charge in [-0.2, -0.15) is 0 Å². The molecule has 2 heterocycles. The maximum absolute atomic E-state index is 5.55. The van der Waals surface area contributed by atoms with Gasteiger partial charge in [-0.15, -0.1) is 16.4 Å². The highest BCUT2D eigenvalue weighted by molar-refractivity contribution is 7.11. The first-order valence-electron chi connectivity index (χ1n) is 5.15. The molecule has 0 bridgehead atoms. The van der Waals surface area contributed by atoms with Crippen molar-refractivity contribution in [2.45, 2.75) is 20.1 Å². The summed E-state index contributed by atoms with van der Waals surface area (Å²) in [5.74, 6) is 0.654. The molecule has 16 heavy (non-hydrogen) atoms. The lowest BCUT2D eigenvalue weighted by atomic mass is 10.4. The molecule has 0 saturated heterocycles. The van der Waals surface area contributed by atoms with Gasteiger partial charge in [0, 0.05) is 28.1 Å². The molecule has 0 fully saturated rings. The van der Waals surface area contributed by atoms with E-state index in [0.717, 1.165) is 12.2 Å². The Labute approximate surface area is 98.6 Å². The van der Waals surface area contributed by atoms with Crippen LogP contribution in [0.1, 0.15) is 15.4 Å². The van der Waals surface area contributed by atoms with Gasteiger partial charge in [-0.05, 0) is 26.1 Å². The predicted octanol–water partition coefficient (Wildman–Crippen LogP) is 2.08. The highest BCUT2D eigenvalue weighted by Crippen LogP contribution is 2.18. The van der Waals surface area contributed by atoms with Crippen molar-refractivity contribution in [3.8, 4) is 5.88 Å². The molecule has 0 aliphatic carbocycles. The van der Waals surface area contributed by atoms with Gasteiger partial charge in [0.25, 0.3) is 0 Å². The number of aromatic nitrogens is 2. The summed E-state index contributed by atoms with van der Waals surface area (Å²) >= 11 is 1.76. The van der Waals surface area contributed by atoms with Crippen molar-refractivity contribution in [2.75, 3.05) is 7.05 Å². The van der Waals surface area contributed by atoms with Gasteiger partial charge >= 0.3 is 0 Å². The van der Waals surface area contributed by atoms with Crippen LogP contribution in [0.2, 0.25) is 0 Å². The molecule has 2 rings (SSSR count). The normalized spacial score (nSPS) is 10.6. The molecule has 86 valence electrons. The van der Waals surface area contributed by atoms with Gasteiger partial charge < -0.3 is 10.1 Å². The van der Waals surface area contributed by atoms with Gasteiger partial charge in [-0.1, -0.05) is 0 Å². The predicted molar refractivity (Wildman–Crippen MR) is 64.7 cm³/mol. The standard InChI is InChI=1S/C11H15N3OS/c1-8-5-11(14-13-8)15-7-10-4-3-9(16-10)6-12-2/h3-5,12H,6-7H2,1-2H3,(H,13,14). The molecule has 0 unspecified atom stereocenters. The molecule has 0 aliphatic rings. The topological polar surface area (TPSA) is 49.9 Å². The number of rotatable bonds is 5. The summed E-state index contributed by atoms with van der Waals surface area (Å²) in [5, 5.41) is 9.99. The number of thiophene rings is 1. The first-order chi connectivity index (χ1) is 7.78. The molecule has 0 radical (unpaired) electrons. The summed E-state index contributed by atoms with van der Waals surface area (Å²) in [5.41, 5.74) is 1.01. The molecule has 5 heteroatoms. The van der Waals surface area contributed by atoms with Crippen molar-refractivity contribution < 1.29 is 4.74 Å². The second-order valence-electron chi connectivity index (χ2n) is 3.58. The molecule has 2 aromatic rings. The van der Waals surface area contributed by atoms with E-state index >= 15 is 0 Å². The Balaban J connectivity index is 1.89. The van der Waals surface area contributed by atoms with Crippen LogP contribution in [0.4, 0.5) is 0 Å². The van der Waals surface area contributed by atoms with E-state index in [4.69, 9.17) is 4.74 Å². The molecule has 4 nitrogen and oxygen atoms in total. The molecule has 0 atom stereocenters. The second kappa shape index (κ2) is 5.14. The van der Waals surface area contributed by atoms with Gasteiger partial charge in [-0.25, -0.2) is 0 Å². The number of aromatic amines is 1. The molecular formula is C11H15N3OS. The third-order valence-electron chi connectivity index (χ3n) is 2.11. The van der Waals surface area contributed by atoms with Crippen molar-refractivity contribution in [3.63, 3.8) is 0 Å². The van der Waals surface area contributed by atoms with E-state index < -0.39 is 0 Å². The SMILES string of the molecule is CNCc1ccc(COc2cc(C)[nH]n2)s1. The molecule has 0 spiro atoms. The summed E-state index contributed by atoms with van der Waals surface area (Å²) in [6.45, 7) is 3.45. The van der Waals surface area contributed by atoms with E-state index in [0.29, 0.717) is 12.5 Å². The lowest BCUT2D eigenvalue weighted by Crippen LogP contribution is -2.02. The number of hydrogen-bond acceptors (Lipinski definition) is 4. The number of aryl methyl sites for hydroxylation is 1. The van der Waals surface area contributed by atoms with E-state index in [1.807, 2.05) is 20.0 Å². The van der Waals surface area contributed by atoms with Crippen LogP contribution in [-0.2, 0) is 13.2 Å².